The molecule has 0 aliphatic carbocycles. The van der Waals surface area contributed by atoms with Crippen LogP contribution in [0.5, 0.6) is 0 Å². The third-order valence-corrected chi connectivity index (χ3v) is 0.864. The molecular weight excluding hydrogens is 78.1 g/mol. The molecule has 0 fully saturated rings. The lowest BCUT2D eigenvalue weighted by Crippen LogP contribution is -2.11. The standard InChI is InChI=1S/C3H9NSi/c1-3-4(2)5/h5H,3H2,1-2H3. The van der Waals surface area contributed by atoms with Crippen molar-refractivity contribution in [3.8, 4) is 0 Å². The van der Waals surface area contributed by atoms with Crippen LogP contribution in [0, 0.1) is 0 Å². The maximum absolute atomic E-state index is 2.57. The molecule has 30 valence electrons. The molecule has 0 N–H and O–H groups in total. The van der Waals surface area contributed by atoms with Crippen molar-refractivity contribution in [2.45, 2.75) is 6.92 Å². The second kappa shape index (κ2) is 2.42. The summed E-state index contributed by atoms with van der Waals surface area (Å²) in [6, 6.07) is 0. The highest BCUT2D eigenvalue weighted by Crippen LogP contribution is 1.62. The zero-order chi connectivity index (χ0) is 4.28. The van der Waals surface area contributed by atoms with Gasteiger partial charge in [-0.1, -0.05) is 6.92 Å². The van der Waals surface area contributed by atoms with Crippen molar-refractivity contribution in [2.75, 3.05) is 13.6 Å². The normalized spacial score (nSPS) is 9.60. The van der Waals surface area contributed by atoms with Crippen molar-refractivity contribution in [3.63, 3.8) is 0 Å². The van der Waals surface area contributed by atoms with Crippen LogP contribution < -0.4 is 0 Å². The molecule has 0 spiro atoms. The van der Waals surface area contributed by atoms with Gasteiger partial charge in [0.2, 0.25) is 0 Å². The number of nitrogens with zero attached hydrogens (tertiary/aromatic N) is 1. The van der Waals surface area contributed by atoms with E-state index in [0.717, 1.165) is 6.54 Å². The second-order valence-electron chi connectivity index (χ2n) is 1.07. The van der Waals surface area contributed by atoms with Gasteiger partial charge in [-0.05, 0) is 13.6 Å². The van der Waals surface area contributed by atoms with Crippen LogP contribution in [0.15, 0.2) is 0 Å². The Kier molecular flexibility index (Phi) is 2.50. The predicted molar refractivity (Wildman–Crippen MR) is 25.5 cm³/mol. The number of hydrogen-bond acceptors (Lipinski definition) is 1. The van der Waals surface area contributed by atoms with Crippen LogP contribution in [0.1, 0.15) is 6.92 Å². The smallest absolute Gasteiger partial charge is 0.118 e. The molecule has 0 aliphatic rings. The van der Waals surface area contributed by atoms with E-state index < -0.39 is 0 Å². The molecule has 0 atom stereocenters. The van der Waals surface area contributed by atoms with Crippen LogP contribution in [0.4, 0.5) is 0 Å². The van der Waals surface area contributed by atoms with E-state index in [9.17, 15) is 0 Å². The minimum atomic E-state index is 1.10. The van der Waals surface area contributed by atoms with Gasteiger partial charge in [-0.3, -0.25) is 0 Å². The van der Waals surface area contributed by atoms with Gasteiger partial charge in [-0.25, -0.2) is 0 Å². The molecule has 1 nitrogen and oxygen atoms in total. The van der Waals surface area contributed by atoms with E-state index in [1.54, 1.807) is 0 Å². The first-order valence-corrected chi connectivity index (χ1v) is 2.25. The first kappa shape index (κ1) is 5.18. The average Bonchev–Trinajstić information content (AvgIpc) is 1.38. The molecule has 0 bridgehead atoms. The van der Waals surface area contributed by atoms with Gasteiger partial charge in [0.25, 0.3) is 0 Å². The molecule has 5 heavy (non-hydrogen) atoms. The largest absolute Gasteiger partial charge is 0.331 e. The molecule has 0 saturated carbocycles. The lowest BCUT2D eigenvalue weighted by molar-refractivity contribution is 0.581. The van der Waals surface area contributed by atoms with E-state index in [4.69, 9.17) is 0 Å². The fourth-order valence-corrected chi connectivity index (χ4v) is 0. The van der Waals surface area contributed by atoms with Gasteiger partial charge < -0.3 is 4.57 Å². The molecule has 0 aromatic carbocycles. The number of rotatable bonds is 1. The fraction of sp³-hybridized carbons (Fsp3) is 1.00. The Labute approximate surface area is 36.5 Å². The van der Waals surface area contributed by atoms with Gasteiger partial charge >= 0.3 is 0 Å². The summed E-state index contributed by atoms with van der Waals surface area (Å²) in [7, 11) is 4.59. The quantitative estimate of drug-likeness (QED) is 0.399. The number of hydrogen-bond donors (Lipinski definition) is 0. The molecule has 0 saturated heterocycles. The Balaban J connectivity index is 2.54. The van der Waals surface area contributed by atoms with Crippen molar-refractivity contribution in [2.24, 2.45) is 0 Å². The van der Waals surface area contributed by atoms with Crippen molar-refractivity contribution in [3.05, 3.63) is 0 Å². The van der Waals surface area contributed by atoms with Gasteiger partial charge in [0, 0.05) is 0 Å². The highest BCUT2D eigenvalue weighted by molar-refractivity contribution is 6.04. The van der Waals surface area contributed by atoms with Gasteiger partial charge in [-0.15, -0.1) is 0 Å². The van der Waals surface area contributed by atoms with Crippen molar-refractivity contribution in [1.29, 1.82) is 0 Å². The maximum atomic E-state index is 2.57. The molecule has 0 aliphatic heterocycles. The molecule has 0 rings (SSSR count). The summed E-state index contributed by atoms with van der Waals surface area (Å²) in [5, 5.41) is 0. The van der Waals surface area contributed by atoms with Gasteiger partial charge in [0.05, 0.1) is 0 Å². The van der Waals surface area contributed by atoms with E-state index in [1.165, 1.54) is 0 Å². The Morgan fingerprint density at radius 2 is 2.00 bits per heavy atom. The maximum Gasteiger partial charge on any atom is 0.118 e. The van der Waals surface area contributed by atoms with Crippen molar-refractivity contribution in [1.82, 2.24) is 4.57 Å². The highest BCUT2D eigenvalue weighted by atomic mass is 28.2. The summed E-state index contributed by atoms with van der Waals surface area (Å²) in [5.41, 5.74) is 0. The molecule has 0 aromatic heterocycles. The third-order valence-electron chi connectivity index (χ3n) is 0.499. The first-order valence-electron chi connectivity index (χ1n) is 1.73. The molecule has 0 heterocycles. The Hall–Kier alpha value is 0.177. The summed E-state index contributed by atoms with van der Waals surface area (Å²) in [6.45, 7) is 3.21. The van der Waals surface area contributed by atoms with Gasteiger partial charge in [-0.2, -0.15) is 0 Å². The van der Waals surface area contributed by atoms with Crippen LogP contribution in [-0.4, -0.2) is 28.6 Å². The minimum Gasteiger partial charge on any atom is -0.331 e. The minimum absolute atomic E-state index is 1.10. The summed E-state index contributed by atoms with van der Waals surface area (Å²) in [6.07, 6.45) is 0. The van der Waals surface area contributed by atoms with E-state index in [0.29, 0.717) is 0 Å². The zero-order valence-corrected chi connectivity index (χ0v) is 4.89. The van der Waals surface area contributed by atoms with Crippen LogP contribution in [0.3, 0.4) is 0 Å². The van der Waals surface area contributed by atoms with Crippen LogP contribution >= 0.6 is 0 Å². The third kappa shape index (κ3) is 4.18. The zero-order valence-electron chi connectivity index (χ0n) is 3.73. The van der Waals surface area contributed by atoms with E-state index in [1.807, 2.05) is 11.6 Å². The predicted octanol–water partition coefficient (Wildman–Crippen LogP) is -0.246. The average molecular weight is 87.2 g/mol. The lowest BCUT2D eigenvalue weighted by atomic mass is 10.8. The Bertz CT molecular complexity index is 20.9. The second-order valence-corrected chi connectivity index (χ2v) is 1.95. The monoisotopic (exact) mass is 87.1 g/mol. The Morgan fingerprint density at radius 3 is 2.00 bits per heavy atom. The molecule has 0 amide bonds. The van der Waals surface area contributed by atoms with E-state index >= 15 is 0 Å². The summed E-state index contributed by atoms with van der Waals surface area (Å²) >= 11 is 0. The SMILES string of the molecule is CCN(C)[SiH]. The first-order chi connectivity index (χ1) is 2.27. The molecule has 2 radical (unpaired) electrons. The summed E-state index contributed by atoms with van der Waals surface area (Å²) in [5.74, 6) is 0. The summed E-state index contributed by atoms with van der Waals surface area (Å²) in [4.78, 5) is 0. The molecule has 0 aromatic rings. The van der Waals surface area contributed by atoms with Crippen molar-refractivity contribution < 1.29 is 0 Å². The van der Waals surface area contributed by atoms with Gasteiger partial charge in [0.1, 0.15) is 10.4 Å². The molecule has 0 unspecified atom stereocenters. The van der Waals surface area contributed by atoms with E-state index in [-0.39, 0.29) is 0 Å². The van der Waals surface area contributed by atoms with Crippen molar-refractivity contribution >= 4 is 10.4 Å². The fourth-order valence-electron chi connectivity index (χ4n) is 0. The van der Waals surface area contributed by atoms with E-state index in [2.05, 4.69) is 17.3 Å². The van der Waals surface area contributed by atoms with Gasteiger partial charge in [0.15, 0.2) is 0 Å². The topological polar surface area (TPSA) is 3.24 Å². The van der Waals surface area contributed by atoms with Crippen LogP contribution in [-0.2, 0) is 0 Å². The van der Waals surface area contributed by atoms with Crippen LogP contribution in [0.25, 0.3) is 0 Å². The Morgan fingerprint density at radius 1 is 1.80 bits per heavy atom. The molecular formula is C3H9NSi. The highest BCUT2D eigenvalue weighted by Gasteiger charge is 1.72. The lowest BCUT2D eigenvalue weighted by Gasteiger charge is -1.99. The van der Waals surface area contributed by atoms with Crippen LogP contribution in [0.2, 0.25) is 0 Å². The summed E-state index contributed by atoms with van der Waals surface area (Å²) < 4.78 is 2.04. The molecule has 2 heteroatoms.